The van der Waals surface area contributed by atoms with Crippen LogP contribution in [0.5, 0.6) is 0 Å². The average Bonchev–Trinajstić information content (AvgIpc) is 3.45. The first-order valence-corrected chi connectivity index (χ1v) is 36.8. The standard InChI is InChI=1S/C73H145NO5/c1-3-5-7-9-11-13-15-17-39-43-47-51-55-59-63-67-73(78)79-68-64-60-56-52-48-44-41-38-36-34-32-30-28-26-24-22-20-18-19-21-23-25-27-29-31-33-35-37-40-42-46-50-54-58-62-66-72(77)74-70(69-75)71(76)65-61-57-53-49-45-16-14-12-10-8-6-4-2/h70-71,75-76H,3-69H2,1-2H3,(H,74,77). The summed E-state index contributed by atoms with van der Waals surface area (Å²) in [5.74, 6) is -0.000562. The summed E-state index contributed by atoms with van der Waals surface area (Å²) in [4.78, 5) is 24.6. The van der Waals surface area contributed by atoms with E-state index in [4.69, 9.17) is 4.74 Å². The molecule has 0 spiro atoms. The van der Waals surface area contributed by atoms with Crippen molar-refractivity contribution in [2.75, 3.05) is 13.2 Å². The second-order valence-electron chi connectivity index (χ2n) is 25.6. The highest BCUT2D eigenvalue weighted by atomic mass is 16.5. The van der Waals surface area contributed by atoms with Crippen LogP contribution in [0.4, 0.5) is 0 Å². The Kier molecular flexibility index (Phi) is 68.4. The molecule has 0 radical (unpaired) electrons. The minimum absolute atomic E-state index is 0.0266. The third kappa shape index (κ3) is 65.9. The van der Waals surface area contributed by atoms with E-state index in [1.807, 2.05) is 0 Å². The van der Waals surface area contributed by atoms with Crippen LogP contribution in [-0.2, 0) is 14.3 Å². The number of hydrogen-bond acceptors (Lipinski definition) is 5. The molecule has 2 atom stereocenters. The maximum Gasteiger partial charge on any atom is 0.305 e. The second-order valence-corrected chi connectivity index (χ2v) is 25.6. The molecule has 0 aliphatic rings. The molecule has 0 aromatic heterocycles. The van der Waals surface area contributed by atoms with Gasteiger partial charge in [0.05, 0.1) is 25.4 Å². The van der Waals surface area contributed by atoms with Gasteiger partial charge in [0, 0.05) is 12.8 Å². The van der Waals surface area contributed by atoms with Gasteiger partial charge in [0.2, 0.25) is 5.91 Å². The highest BCUT2D eigenvalue weighted by Crippen LogP contribution is 2.20. The Bertz CT molecular complexity index is 1150. The monoisotopic (exact) mass is 1120 g/mol. The van der Waals surface area contributed by atoms with Gasteiger partial charge in [-0.1, -0.05) is 393 Å². The Morgan fingerprint density at radius 2 is 0.519 bits per heavy atom. The molecule has 0 aliphatic carbocycles. The Hall–Kier alpha value is -1.14. The minimum atomic E-state index is -0.658. The van der Waals surface area contributed by atoms with Crippen molar-refractivity contribution in [3.63, 3.8) is 0 Å². The van der Waals surface area contributed by atoms with E-state index in [1.54, 1.807) is 0 Å². The fourth-order valence-electron chi connectivity index (χ4n) is 12.1. The van der Waals surface area contributed by atoms with Crippen LogP contribution < -0.4 is 5.32 Å². The van der Waals surface area contributed by atoms with Crippen molar-refractivity contribution in [2.24, 2.45) is 0 Å². The normalized spacial score (nSPS) is 12.4. The molecule has 0 aromatic carbocycles. The smallest absolute Gasteiger partial charge is 0.305 e. The van der Waals surface area contributed by atoms with Gasteiger partial charge in [-0.05, 0) is 25.7 Å². The minimum Gasteiger partial charge on any atom is -0.466 e. The SMILES string of the molecule is CCCCCCCCCCCCCCCCCC(=O)OCCCCCCCCCCCCCCCCCCCCCCCCCCCCCCCCCCCCCC(=O)NC(CO)C(O)CCCCCCCCCCCCCC. The third-order valence-corrected chi connectivity index (χ3v) is 17.7. The molecule has 1 amide bonds. The quantitative estimate of drug-likeness (QED) is 0.0417. The van der Waals surface area contributed by atoms with E-state index in [1.165, 1.54) is 360 Å². The topological polar surface area (TPSA) is 95.9 Å². The maximum atomic E-state index is 12.5. The molecule has 0 heterocycles. The number of aliphatic hydroxyl groups excluding tert-OH is 2. The van der Waals surface area contributed by atoms with Crippen LogP contribution in [0.15, 0.2) is 0 Å². The summed E-state index contributed by atoms with van der Waals surface area (Å²) in [7, 11) is 0. The summed E-state index contributed by atoms with van der Waals surface area (Å²) >= 11 is 0. The molecular formula is C73H145NO5. The molecule has 0 fully saturated rings. The van der Waals surface area contributed by atoms with Gasteiger partial charge in [-0.25, -0.2) is 0 Å². The molecule has 0 bridgehead atoms. The van der Waals surface area contributed by atoms with Crippen molar-refractivity contribution in [3.8, 4) is 0 Å². The Morgan fingerprint density at radius 3 is 0.772 bits per heavy atom. The van der Waals surface area contributed by atoms with Crippen LogP contribution in [0.2, 0.25) is 0 Å². The molecule has 2 unspecified atom stereocenters. The number of nitrogens with one attached hydrogen (secondary N) is 1. The molecule has 0 saturated carbocycles. The highest BCUT2D eigenvalue weighted by Gasteiger charge is 2.20. The first-order valence-electron chi connectivity index (χ1n) is 36.8. The molecule has 79 heavy (non-hydrogen) atoms. The largest absolute Gasteiger partial charge is 0.466 e. The van der Waals surface area contributed by atoms with E-state index in [-0.39, 0.29) is 18.5 Å². The van der Waals surface area contributed by atoms with Crippen LogP contribution in [-0.4, -0.2) is 47.4 Å². The first-order chi connectivity index (χ1) is 39.0. The fourth-order valence-corrected chi connectivity index (χ4v) is 12.1. The number of amides is 1. The van der Waals surface area contributed by atoms with Crippen LogP contribution in [0, 0.1) is 0 Å². The summed E-state index contributed by atoms with van der Waals surface area (Å²) in [6, 6.07) is -0.535. The predicted octanol–water partition coefficient (Wildman–Crippen LogP) is 23.8. The molecule has 0 rings (SSSR count). The fraction of sp³-hybridized carbons (Fsp3) is 0.973. The predicted molar refractivity (Wildman–Crippen MR) is 347 cm³/mol. The number of ether oxygens (including phenoxy) is 1. The molecule has 0 aliphatic heterocycles. The van der Waals surface area contributed by atoms with Gasteiger partial charge in [-0.15, -0.1) is 0 Å². The number of aliphatic hydroxyl groups is 2. The van der Waals surface area contributed by atoms with Gasteiger partial charge in [0.25, 0.3) is 0 Å². The lowest BCUT2D eigenvalue weighted by Gasteiger charge is -2.22. The van der Waals surface area contributed by atoms with E-state index >= 15 is 0 Å². The molecule has 6 nitrogen and oxygen atoms in total. The maximum absolute atomic E-state index is 12.5. The number of rotatable bonds is 70. The van der Waals surface area contributed by atoms with Crippen molar-refractivity contribution in [1.82, 2.24) is 5.32 Å². The molecule has 0 aromatic rings. The zero-order valence-electron chi connectivity index (χ0n) is 54.2. The zero-order valence-corrected chi connectivity index (χ0v) is 54.2. The number of esters is 1. The molecule has 3 N–H and O–H groups in total. The van der Waals surface area contributed by atoms with E-state index in [9.17, 15) is 19.8 Å². The number of carbonyl (C=O) groups excluding carboxylic acids is 2. The van der Waals surface area contributed by atoms with Crippen molar-refractivity contribution < 1.29 is 24.5 Å². The summed E-state index contributed by atoms with van der Waals surface area (Å²) in [5, 5.41) is 23.3. The molecule has 0 saturated heterocycles. The molecular weight excluding hydrogens is 971 g/mol. The van der Waals surface area contributed by atoms with E-state index in [0.29, 0.717) is 25.9 Å². The van der Waals surface area contributed by atoms with Crippen molar-refractivity contribution in [3.05, 3.63) is 0 Å². The van der Waals surface area contributed by atoms with Gasteiger partial charge in [0.15, 0.2) is 0 Å². The highest BCUT2D eigenvalue weighted by molar-refractivity contribution is 5.76. The van der Waals surface area contributed by atoms with Gasteiger partial charge in [0.1, 0.15) is 0 Å². The van der Waals surface area contributed by atoms with Crippen LogP contribution in [0.1, 0.15) is 431 Å². The Balaban J connectivity index is 3.27. The number of hydrogen-bond donors (Lipinski definition) is 3. The summed E-state index contributed by atoms with van der Waals surface area (Å²) in [6.45, 7) is 5.00. The summed E-state index contributed by atoms with van der Waals surface area (Å²) in [6.07, 6.45) is 84.7. The van der Waals surface area contributed by atoms with Gasteiger partial charge < -0.3 is 20.3 Å². The van der Waals surface area contributed by atoms with Crippen molar-refractivity contribution in [1.29, 1.82) is 0 Å². The zero-order chi connectivity index (χ0) is 57.1. The van der Waals surface area contributed by atoms with Crippen LogP contribution >= 0.6 is 0 Å². The lowest BCUT2D eigenvalue weighted by atomic mass is 10.0. The van der Waals surface area contributed by atoms with E-state index < -0.39 is 12.1 Å². The van der Waals surface area contributed by atoms with Gasteiger partial charge in [-0.3, -0.25) is 9.59 Å². The van der Waals surface area contributed by atoms with Crippen LogP contribution in [0.25, 0.3) is 0 Å². The van der Waals surface area contributed by atoms with Crippen LogP contribution in [0.3, 0.4) is 0 Å². The van der Waals surface area contributed by atoms with Gasteiger partial charge >= 0.3 is 5.97 Å². The Labute approximate surface area is 496 Å². The number of carbonyl (C=O) groups is 2. The van der Waals surface area contributed by atoms with Crippen molar-refractivity contribution >= 4 is 11.9 Å². The van der Waals surface area contributed by atoms with E-state index in [2.05, 4.69) is 19.2 Å². The molecule has 472 valence electrons. The molecule has 6 heteroatoms. The van der Waals surface area contributed by atoms with Crippen molar-refractivity contribution in [2.45, 2.75) is 443 Å². The van der Waals surface area contributed by atoms with E-state index in [0.717, 1.165) is 38.5 Å². The summed E-state index contributed by atoms with van der Waals surface area (Å²) in [5.41, 5.74) is 0. The average molecular weight is 1120 g/mol. The lowest BCUT2D eigenvalue weighted by molar-refractivity contribution is -0.143. The number of unbranched alkanes of at least 4 members (excludes halogenated alkanes) is 59. The second kappa shape index (κ2) is 69.4. The lowest BCUT2D eigenvalue weighted by Crippen LogP contribution is -2.45. The third-order valence-electron chi connectivity index (χ3n) is 17.7. The van der Waals surface area contributed by atoms with Gasteiger partial charge in [-0.2, -0.15) is 0 Å². The Morgan fingerprint density at radius 1 is 0.304 bits per heavy atom. The first kappa shape index (κ1) is 77.9. The summed E-state index contributed by atoms with van der Waals surface area (Å²) < 4.78 is 5.51.